The molecule has 0 N–H and O–H groups in total. The smallest absolute Gasteiger partial charge is 0.341 e. The summed E-state index contributed by atoms with van der Waals surface area (Å²) in [7, 11) is 0. The van der Waals surface area contributed by atoms with E-state index in [9.17, 15) is 19.2 Å². The van der Waals surface area contributed by atoms with Crippen molar-refractivity contribution in [1.29, 1.82) is 0 Å². The van der Waals surface area contributed by atoms with Crippen LogP contribution in [0, 0.1) is 17.3 Å². The van der Waals surface area contributed by atoms with Gasteiger partial charge >= 0.3 is 23.9 Å². The number of rotatable bonds is 6. The first-order chi connectivity index (χ1) is 19.3. The van der Waals surface area contributed by atoms with Crippen LogP contribution in [0.15, 0.2) is 47.5 Å². The number of aromatic nitrogens is 1. The lowest BCUT2D eigenvalue weighted by molar-refractivity contribution is -0.296. The number of pyridine rings is 1. The van der Waals surface area contributed by atoms with Crippen LogP contribution in [0.1, 0.15) is 75.1 Å². The topological polar surface area (TPSA) is 140 Å². The van der Waals surface area contributed by atoms with Gasteiger partial charge in [-0.3, -0.25) is 14.6 Å². The van der Waals surface area contributed by atoms with E-state index in [2.05, 4.69) is 4.98 Å². The maximum atomic E-state index is 13.5. The molecule has 220 valence electrons. The Morgan fingerprint density at radius 1 is 0.902 bits per heavy atom. The Kier molecular flexibility index (Phi) is 7.21. The van der Waals surface area contributed by atoms with Gasteiger partial charge in [0.1, 0.15) is 30.2 Å². The van der Waals surface area contributed by atoms with Crippen molar-refractivity contribution in [3.05, 3.63) is 54.2 Å². The van der Waals surface area contributed by atoms with E-state index >= 15 is 0 Å². The molecule has 2 aromatic heterocycles. The summed E-state index contributed by atoms with van der Waals surface area (Å²) in [5.41, 5.74) is -3.24. The van der Waals surface area contributed by atoms with Crippen molar-refractivity contribution in [2.45, 2.75) is 90.0 Å². The molecule has 2 bridgehead atoms. The number of hydrogen-bond acceptors (Lipinski definition) is 11. The highest BCUT2D eigenvalue weighted by atomic mass is 16.6. The molecule has 5 rings (SSSR count). The standard InChI is InChI=1S/C30H35NO10/c1-16-9-10-21(37-17(2)32)29(6)25(40-26(34)19-8-7-12-31-14-19)23(38-18(3)33)22-24(30(16,29)41-28(22,4)5)39-27(35)20-11-13-36-15-20/h7-8,11-16,21-25H,9-10H2,1-6H3/t16-,21-,22+,23+,24+,25-,29-,30+/m0/s1. The van der Waals surface area contributed by atoms with E-state index in [1.165, 1.54) is 44.8 Å². The maximum Gasteiger partial charge on any atom is 0.341 e. The number of hydrogen-bond donors (Lipinski definition) is 0. The third-order valence-electron chi connectivity index (χ3n) is 9.06. The molecule has 8 atom stereocenters. The van der Waals surface area contributed by atoms with E-state index in [1.807, 2.05) is 20.8 Å². The monoisotopic (exact) mass is 569 g/mol. The molecule has 1 saturated heterocycles. The Morgan fingerprint density at radius 2 is 1.59 bits per heavy atom. The average molecular weight is 570 g/mol. The highest BCUT2D eigenvalue weighted by Gasteiger charge is 2.82. The van der Waals surface area contributed by atoms with Crippen LogP contribution < -0.4 is 0 Å². The van der Waals surface area contributed by atoms with Crippen LogP contribution in [0.5, 0.6) is 0 Å². The van der Waals surface area contributed by atoms with Crippen molar-refractivity contribution < 1.29 is 47.3 Å². The third-order valence-corrected chi connectivity index (χ3v) is 9.06. The van der Waals surface area contributed by atoms with Crippen molar-refractivity contribution in [2.24, 2.45) is 17.3 Å². The molecule has 0 radical (unpaired) electrons. The molecule has 3 fully saturated rings. The fraction of sp³-hybridized carbons (Fsp3) is 0.567. The van der Waals surface area contributed by atoms with Gasteiger partial charge in [-0.2, -0.15) is 0 Å². The normalized spacial score (nSPS) is 35.1. The second-order valence-corrected chi connectivity index (χ2v) is 11.9. The number of carbonyl (C=O) groups is 4. The molecule has 2 aliphatic carbocycles. The SMILES string of the molecule is CC(=O)O[C@@H]1[C@@H]2[C@@H](OC(=O)c3ccoc3)[C@]3(OC2(C)C)[C@@H](C)CC[C@H](OC(C)=O)[C@@]3(C)[C@H]1OC(=O)c1cccnc1. The Labute approximate surface area is 237 Å². The van der Waals surface area contributed by atoms with Crippen molar-refractivity contribution in [3.8, 4) is 0 Å². The molecule has 1 aliphatic heterocycles. The highest BCUT2D eigenvalue weighted by molar-refractivity contribution is 5.90. The molecule has 1 spiro atoms. The minimum absolute atomic E-state index is 0.195. The maximum absolute atomic E-state index is 13.5. The molecule has 3 heterocycles. The summed E-state index contributed by atoms with van der Waals surface area (Å²) >= 11 is 0. The van der Waals surface area contributed by atoms with Crippen LogP contribution in [-0.4, -0.2) is 64.5 Å². The second-order valence-electron chi connectivity index (χ2n) is 11.9. The number of esters is 4. The summed E-state index contributed by atoms with van der Waals surface area (Å²) in [5, 5.41) is 0. The molecular weight excluding hydrogens is 534 g/mol. The van der Waals surface area contributed by atoms with Crippen LogP contribution in [0.2, 0.25) is 0 Å². The van der Waals surface area contributed by atoms with E-state index < -0.39 is 70.8 Å². The number of fused-ring (bicyclic) bond motifs is 1. The van der Waals surface area contributed by atoms with Gasteiger partial charge in [-0.25, -0.2) is 9.59 Å². The molecule has 41 heavy (non-hydrogen) atoms. The summed E-state index contributed by atoms with van der Waals surface area (Å²) in [6.45, 7) is 9.99. The van der Waals surface area contributed by atoms with Crippen LogP contribution in [0.25, 0.3) is 0 Å². The van der Waals surface area contributed by atoms with E-state index in [0.29, 0.717) is 12.8 Å². The molecule has 0 aromatic carbocycles. The highest BCUT2D eigenvalue weighted by Crippen LogP contribution is 2.68. The predicted octanol–water partition coefficient (Wildman–Crippen LogP) is 3.90. The van der Waals surface area contributed by atoms with Gasteiger partial charge < -0.3 is 28.1 Å². The zero-order chi connectivity index (χ0) is 29.7. The lowest BCUT2D eigenvalue weighted by Gasteiger charge is -2.62. The van der Waals surface area contributed by atoms with Gasteiger partial charge in [0.2, 0.25) is 0 Å². The molecule has 11 heteroatoms. The van der Waals surface area contributed by atoms with Gasteiger partial charge in [0.05, 0.1) is 34.3 Å². The Morgan fingerprint density at radius 3 is 2.20 bits per heavy atom. The molecule has 0 unspecified atom stereocenters. The summed E-state index contributed by atoms with van der Waals surface area (Å²) in [6, 6.07) is 4.66. The van der Waals surface area contributed by atoms with Gasteiger partial charge in [0.25, 0.3) is 0 Å². The lowest BCUT2D eigenvalue weighted by atomic mass is 9.48. The van der Waals surface area contributed by atoms with Crippen LogP contribution in [0.3, 0.4) is 0 Å². The molecule has 3 aliphatic rings. The minimum Gasteiger partial charge on any atom is -0.472 e. The fourth-order valence-electron chi connectivity index (χ4n) is 7.48. The van der Waals surface area contributed by atoms with Crippen LogP contribution >= 0.6 is 0 Å². The fourth-order valence-corrected chi connectivity index (χ4v) is 7.48. The van der Waals surface area contributed by atoms with Crippen LogP contribution in [0.4, 0.5) is 0 Å². The summed E-state index contributed by atoms with van der Waals surface area (Å²) < 4.78 is 36.4. The third kappa shape index (κ3) is 4.50. The summed E-state index contributed by atoms with van der Waals surface area (Å²) in [6.07, 6.45) is 2.50. The van der Waals surface area contributed by atoms with Crippen molar-refractivity contribution in [3.63, 3.8) is 0 Å². The Hall–Kier alpha value is -3.73. The summed E-state index contributed by atoms with van der Waals surface area (Å²) in [5.74, 6) is -3.49. The van der Waals surface area contributed by atoms with Crippen molar-refractivity contribution >= 4 is 23.9 Å². The molecule has 2 aromatic rings. The van der Waals surface area contributed by atoms with Crippen LogP contribution in [-0.2, 0) is 33.3 Å². The van der Waals surface area contributed by atoms with Gasteiger partial charge in [-0.15, -0.1) is 0 Å². The van der Waals surface area contributed by atoms with Gasteiger partial charge in [0.15, 0.2) is 6.10 Å². The minimum atomic E-state index is -1.32. The van der Waals surface area contributed by atoms with Gasteiger partial charge in [-0.05, 0) is 57.7 Å². The first-order valence-corrected chi connectivity index (χ1v) is 13.7. The van der Waals surface area contributed by atoms with Crippen molar-refractivity contribution in [2.75, 3.05) is 0 Å². The average Bonchev–Trinajstić information content (AvgIpc) is 3.51. The number of carbonyl (C=O) groups excluding carboxylic acids is 4. The molecule has 2 saturated carbocycles. The quantitative estimate of drug-likeness (QED) is 0.369. The second kappa shape index (κ2) is 10.3. The molecular formula is C30H35NO10. The largest absolute Gasteiger partial charge is 0.472 e. The van der Waals surface area contributed by atoms with E-state index in [4.69, 9.17) is 28.1 Å². The Balaban J connectivity index is 1.71. The summed E-state index contributed by atoms with van der Waals surface area (Å²) in [4.78, 5) is 55.9. The van der Waals surface area contributed by atoms with E-state index in [1.54, 1.807) is 19.1 Å². The van der Waals surface area contributed by atoms with Gasteiger partial charge in [0, 0.05) is 26.2 Å². The van der Waals surface area contributed by atoms with Gasteiger partial charge in [-0.1, -0.05) is 6.92 Å². The zero-order valence-electron chi connectivity index (χ0n) is 23.9. The number of nitrogens with zero attached hydrogens (tertiary/aromatic N) is 1. The first kappa shape index (κ1) is 28.8. The van der Waals surface area contributed by atoms with E-state index in [0.717, 1.165) is 0 Å². The number of ether oxygens (including phenoxy) is 5. The number of furan rings is 1. The first-order valence-electron chi connectivity index (χ1n) is 13.7. The Bertz CT molecular complexity index is 1320. The van der Waals surface area contributed by atoms with E-state index in [-0.39, 0.29) is 17.0 Å². The zero-order valence-corrected chi connectivity index (χ0v) is 23.9. The van der Waals surface area contributed by atoms with Crippen molar-refractivity contribution in [1.82, 2.24) is 4.98 Å². The molecule has 11 nitrogen and oxygen atoms in total. The lowest BCUT2D eigenvalue weighted by Crippen LogP contribution is -2.76. The molecule has 0 amide bonds. The predicted molar refractivity (Wildman–Crippen MR) is 140 cm³/mol.